The van der Waals surface area contributed by atoms with E-state index >= 15 is 0 Å². The maximum atomic E-state index is 9.81. The third-order valence-corrected chi connectivity index (χ3v) is 2.75. The summed E-state index contributed by atoms with van der Waals surface area (Å²) in [4.78, 5) is 4.01. The highest BCUT2D eigenvalue weighted by Crippen LogP contribution is 2.30. The summed E-state index contributed by atoms with van der Waals surface area (Å²) in [5.41, 5.74) is 6.86. The molecule has 0 fully saturated rings. The van der Waals surface area contributed by atoms with Crippen LogP contribution in [0.25, 0.3) is 0 Å². The Morgan fingerprint density at radius 1 is 1.53 bits per heavy atom. The van der Waals surface area contributed by atoms with Gasteiger partial charge in [0.25, 0.3) is 0 Å². The van der Waals surface area contributed by atoms with Crippen molar-refractivity contribution in [1.82, 2.24) is 9.66 Å². The molecule has 2 rings (SSSR count). The molecular weight excluding hydrogens is 268 g/mol. The summed E-state index contributed by atoms with van der Waals surface area (Å²) in [6.07, 6.45) is 3.12. The molecule has 0 saturated heterocycles. The molecule has 3 N–H and O–H groups in total. The SMILES string of the molecule is COc1cc(O)c(C=Nn2cc(C)nc2N)cc1Cl. The van der Waals surface area contributed by atoms with Crippen LogP contribution in [0, 0.1) is 6.92 Å². The van der Waals surface area contributed by atoms with Gasteiger partial charge >= 0.3 is 0 Å². The van der Waals surface area contributed by atoms with Crippen LogP contribution in [-0.4, -0.2) is 28.1 Å². The lowest BCUT2D eigenvalue weighted by atomic mass is 10.2. The van der Waals surface area contributed by atoms with Crippen LogP contribution in [0.5, 0.6) is 11.5 Å². The van der Waals surface area contributed by atoms with Crippen molar-refractivity contribution in [2.45, 2.75) is 6.92 Å². The molecule has 0 aliphatic heterocycles. The van der Waals surface area contributed by atoms with Crippen LogP contribution in [-0.2, 0) is 0 Å². The number of aromatic nitrogens is 2. The van der Waals surface area contributed by atoms with E-state index in [4.69, 9.17) is 22.1 Å². The summed E-state index contributed by atoms with van der Waals surface area (Å²) < 4.78 is 6.40. The number of halogens is 1. The Hall–Kier alpha value is -2.21. The normalized spacial score (nSPS) is 11.1. The lowest BCUT2D eigenvalue weighted by Crippen LogP contribution is -1.97. The summed E-state index contributed by atoms with van der Waals surface area (Å²) in [5.74, 6) is 0.683. The van der Waals surface area contributed by atoms with Crippen molar-refractivity contribution in [2.75, 3.05) is 12.8 Å². The third kappa shape index (κ3) is 2.79. The standard InChI is InChI=1S/C12H13ClN4O2/c1-7-6-17(12(14)16-7)15-5-8-3-9(13)11(19-2)4-10(8)18/h3-6,18H,1-2H3,(H2,14,16). The third-order valence-electron chi connectivity index (χ3n) is 2.46. The first-order valence-corrected chi connectivity index (χ1v) is 5.81. The summed E-state index contributed by atoms with van der Waals surface area (Å²) in [6, 6.07) is 2.98. The largest absolute Gasteiger partial charge is 0.507 e. The van der Waals surface area contributed by atoms with Gasteiger partial charge < -0.3 is 15.6 Å². The Labute approximate surface area is 115 Å². The molecule has 0 unspecified atom stereocenters. The van der Waals surface area contributed by atoms with Crippen LogP contribution < -0.4 is 10.5 Å². The van der Waals surface area contributed by atoms with Crippen LogP contribution in [0.15, 0.2) is 23.4 Å². The lowest BCUT2D eigenvalue weighted by Gasteiger charge is -2.05. The number of rotatable bonds is 3. The molecule has 1 aromatic heterocycles. The van der Waals surface area contributed by atoms with E-state index in [0.29, 0.717) is 16.3 Å². The first kappa shape index (κ1) is 13.2. The first-order chi connectivity index (χ1) is 9.01. The highest BCUT2D eigenvalue weighted by atomic mass is 35.5. The fourth-order valence-corrected chi connectivity index (χ4v) is 1.79. The number of phenolic OH excluding ortho intramolecular Hbond substituents is 1. The monoisotopic (exact) mass is 280 g/mol. The van der Waals surface area contributed by atoms with E-state index in [1.165, 1.54) is 24.1 Å². The van der Waals surface area contributed by atoms with Gasteiger partial charge in [-0.3, -0.25) is 0 Å². The van der Waals surface area contributed by atoms with Gasteiger partial charge in [0.2, 0.25) is 5.95 Å². The number of benzene rings is 1. The number of aryl methyl sites for hydroxylation is 1. The van der Waals surface area contributed by atoms with Crippen LogP contribution in [0.2, 0.25) is 5.02 Å². The maximum absolute atomic E-state index is 9.81. The van der Waals surface area contributed by atoms with Crippen molar-refractivity contribution in [3.05, 3.63) is 34.6 Å². The molecule has 0 saturated carbocycles. The Morgan fingerprint density at radius 3 is 2.84 bits per heavy atom. The van der Waals surface area contributed by atoms with Crippen LogP contribution in [0.4, 0.5) is 5.95 Å². The Bertz CT molecular complexity index is 637. The topological polar surface area (TPSA) is 85.7 Å². The zero-order valence-corrected chi connectivity index (χ0v) is 11.2. The van der Waals surface area contributed by atoms with Gasteiger partial charge in [-0.2, -0.15) is 5.10 Å². The van der Waals surface area contributed by atoms with E-state index in [-0.39, 0.29) is 11.7 Å². The molecule has 19 heavy (non-hydrogen) atoms. The van der Waals surface area contributed by atoms with Crippen LogP contribution in [0.1, 0.15) is 11.3 Å². The molecule has 1 aromatic carbocycles. The molecule has 0 aliphatic rings. The molecule has 0 amide bonds. The number of hydrogen-bond acceptors (Lipinski definition) is 5. The van der Waals surface area contributed by atoms with E-state index in [0.717, 1.165) is 5.69 Å². The molecule has 6 nitrogen and oxygen atoms in total. The highest BCUT2D eigenvalue weighted by molar-refractivity contribution is 6.32. The number of nitrogens with two attached hydrogens (primary N) is 1. The lowest BCUT2D eigenvalue weighted by molar-refractivity contribution is 0.408. The quantitative estimate of drug-likeness (QED) is 0.842. The number of nitrogens with zero attached hydrogens (tertiary/aromatic N) is 3. The number of ether oxygens (including phenoxy) is 1. The van der Waals surface area contributed by atoms with E-state index < -0.39 is 0 Å². The fourth-order valence-electron chi connectivity index (χ4n) is 1.54. The average Bonchev–Trinajstić information content (AvgIpc) is 2.68. The second-order valence-corrected chi connectivity index (χ2v) is 4.28. The van der Waals surface area contributed by atoms with Gasteiger partial charge in [-0.05, 0) is 13.0 Å². The van der Waals surface area contributed by atoms with Crippen molar-refractivity contribution in [3.63, 3.8) is 0 Å². The second-order valence-electron chi connectivity index (χ2n) is 3.88. The van der Waals surface area contributed by atoms with Gasteiger partial charge in [0.05, 0.1) is 30.2 Å². The molecule has 0 radical (unpaired) electrons. The van der Waals surface area contributed by atoms with Gasteiger partial charge in [0.15, 0.2) is 0 Å². The first-order valence-electron chi connectivity index (χ1n) is 5.43. The van der Waals surface area contributed by atoms with Crippen LogP contribution >= 0.6 is 11.6 Å². The number of aromatic hydroxyl groups is 1. The van der Waals surface area contributed by atoms with Gasteiger partial charge in [-0.1, -0.05) is 11.6 Å². The molecule has 0 aliphatic carbocycles. The van der Waals surface area contributed by atoms with Crippen molar-refractivity contribution in [1.29, 1.82) is 0 Å². The van der Waals surface area contributed by atoms with Gasteiger partial charge in [0.1, 0.15) is 11.5 Å². The van der Waals surface area contributed by atoms with Crippen molar-refractivity contribution >= 4 is 23.8 Å². The maximum Gasteiger partial charge on any atom is 0.221 e. The van der Waals surface area contributed by atoms with Gasteiger partial charge in [-0.15, -0.1) is 0 Å². The van der Waals surface area contributed by atoms with E-state index in [1.807, 2.05) is 6.92 Å². The molecule has 1 heterocycles. The van der Waals surface area contributed by atoms with Crippen molar-refractivity contribution < 1.29 is 9.84 Å². The van der Waals surface area contributed by atoms with Gasteiger partial charge in [0, 0.05) is 11.6 Å². The molecule has 2 aromatic rings. The molecule has 7 heteroatoms. The van der Waals surface area contributed by atoms with Crippen LogP contribution in [0.3, 0.4) is 0 Å². The molecule has 100 valence electrons. The van der Waals surface area contributed by atoms with E-state index in [9.17, 15) is 5.11 Å². The minimum atomic E-state index is 0.0143. The number of hydrogen-bond donors (Lipinski definition) is 2. The summed E-state index contributed by atoms with van der Waals surface area (Å²) >= 11 is 5.98. The molecule has 0 bridgehead atoms. The number of imidazole rings is 1. The number of nitrogen functional groups attached to an aromatic ring is 1. The number of anilines is 1. The minimum Gasteiger partial charge on any atom is -0.507 e. The average molecular weight is 281 g/mol. The predicted molar refractivity (Wildman–Crippen MR) is 74.0 cm³/mol. The number of phenols is 1. The minimum absolute atomic E-state index is 0.0143. The zero-order valence-electron chi connectivity index (χ0n) is 10.5. The van der Waals surface area contributed by atoms with E-state index in [1.54, 1.807) is 12.3 Å². The Kier molecular flexibility index (Phi) is 3.62. The molecular formula is C12H13ClN4O2. The predicted octanol–water partition coefficient (Wildman–Crippen LogP) is 2.02. The molecule has 0 spiro atoms. The summed E-state index contributed by atoms with van der Waals surface area (Å²) in [6.45, 7) is 1.81. The van der Waals surface area contributed by atoms with Crippen molar-refractivity contribution in [2.24, 2.45) is 5.10 Å². The smallest absolute Gasteiger partial charge is 0.221 e. The molecule has 0 atom stereocenters. The summed E-state index contributed by atoms with van der Waals surface area (Å²) in [7, 11) is 1.48. The fraction of sp³-hybridized carbons (Fsp3) is 0.167. The van der Waals surface area contributed by atoms with Gasteiger partial charge in [-0.25, -0.2) is 9.66 Å². The number of methoxy groups -OCH3 is 1. The Balaban J connectivity index is 2.33. The second kappa shape index (κ2) is 5.19. The zero-order chi connectivity index (χ0) is 14.0. The van der Waals surface area contributed by atoms with Crippen molar-refractivity contribution in [3.8, 4) is 11.5 Å². The van der Waals surface area contributed by atoms with E-state index in [2.05, 4.69) is 10.1 Å². The Morgan fingerprint density at radius 2 is 2.26 bits per heavy atom. The summed E-state index contributed by atoms with van der Waals surface area (Å²) in [5, 5.41) is 14.3. The highest BCUT2D eigenvalue weighted by Gasteiger charge is 2.07.